The number of aryl methyl sites for hydroxylation is 1. The molecule has 0 unspecified atom stereocenters. The molecule has 0 saturated carbocycles. The predicted molar refractivity (Wildman–Crippen MR) is 57.9 cm³/mol. The molecule has 1 heteroatoms. The largest absolute Gasteiger partial charge is 0.256 e. The molecule has 69 valence electrons. The van der Waals surface area contributed by atoms with Gasteiger partial charge in [0.15, 0.2) is 0 Å². The van der Waals surface area contributed by atoms with Gasteiger partial charge >= 0.3 is 0 Å². The fourth-order valence-corrected chi connectivity index (χ4v) is 1.38. The number of hydrogen-bond donors (Lipinski definition) is 0. The molecule has 2 aromatic rings. The number of pyridine rings is 1. The van der Waals surface area contributed by atoms with Crippen LogP contribution in [0.4, 0.5) is 0 Å². The summed E-state index contributed by atoms with van der Waals surface area (Å²) < 4.78 is 0. The maximum absolute atomic E-state index is 4.25. The topological polar surface area (TPSA) is 12.9 Å². The summed E-state index contributed by atoms with van der Waals surface area (Å²) in [4.78, 5) is 4.25. The summed E-state index contributed by atoms with van der Waals surface area (Å²) in [5, 5.41) is 0. The summed E-state index contributed by atoms with van der Waals surface area (Å²) >= 11 is 0. The van der Waals surface area contributed by atoms with Gasteiger partial charge in [0.25, 0.3) is 0 Å². The first kappa shape index (κ1) is 8.95. The van der Waals surface area contributed by atoms with Gasteiger partial charge in [0.05, 0.1) is 5.69 Å². The van der Waals surface area contributed by atoms with E-state index in [0.29, 0.717) is 0 Å². The lowest BCUT2D eigenvalue weighted by atomic mass is 10.1. The van der Waals surface area contributed by atoms with E-state index in [2.05, 4.69) is 42.2 Å². The molecular formula is C13H12N. The zero-order chi connectivity index (χ0) is 9.80. The summed E-state index contributed by atoms with van der Waals surface area (Å²) in [6.07, 6.45) is 2.87. The normalized spacial score (nSPS) is 10.1. The molecule has 0 atom stereocenters. The van der Waals surface area contributed by atoms with Gasteiger partial charge in [0, 0.05) is 17.8 Å². The van der Waals surface area contributed by atoms with Crippen molar-refractivity contribution in [3.63, 3.8) is 0 Å². The van der Waals surface area contributed by atoms with Crippen LogP contribution in [0.2, 0.25) is 0 Å². The fraction of sp³-hybridized carbons (Fsp3) is 0.154. The molecule has 0 saturated heterocycles. The van der Waals surface area contributed by atoms with Crippen molar-refractivity contribution in [3.8, 4) is 11.3 Å². The second-order valence-corrected chi connectivity index (χ2v) is 3.18. The third kappa shape index (κ3) is 1.82. The molecule has 0 aliphatic rings. The van der Waals surface area contributed by atoms with E-state index >= 15 is 0 Å². The Morgan fingerprint density at radius 2 is 2.00 bits per heavy atom. The molecule has 1 aromatic heterocycles. The molecule has 0 aliphatic heterocycles. The summed E-state index contributed by atoms with van der Waals surface area (Å²) in [6, 6.07) is 15.3. The molecule has 0 amide bonds. The van der Waals surface area contributed by atoms with Crippen molar-refractivity contribution in [1.29, 1.82) is 0 Å². The van der Waals surface area contributed by atoms with Crippen LogP contribution in [0.25, 0.3) is 11.3 Å². The average Bonchev–Trinajstić information content (AvgIpc) is 2.30. The van der Waals surface area contributed by atoms with E-state index in [9.17, 15) is 0 Å². The highest BCUT2D eigenvalue weighted by molar-refractivity contribution is 5.58. The van der Waals surface area contributed by atoms with Crippen molar-refractivity contribution in [2.75, 3.05) is 0 Å². The van der Waals surface area contributed by atoms with Crippen LogP contribution in [0.3, 0.4) is 0 Å². The monoisotopic (exact) mass is 182 g/mol. The molecule has 0 N–H and O–H groups in total. The highest BCUT2D eigenvalue weighted by Gasteiger charge is 1.97. The molecule has 0 fully saturated rings. The third-order valence-electron chi connectivity index (χ3n) is 2.24. The van der Waals surface area contributed by atoms with Crippen LogP contribution in [0, 0.1) is 6.07 Å². The van der Waals surface area contributed by atoms with E-state index in [1.165, 1.54) is 5.56 Å². The molecule has 2 rings (SSSR count). The number of aromatic nitrogens is 1. The van der Waals surface area contributed by atoms with Crippen LogP contribution < -0.4 is 0 Å². The van der Waals surface area contributed by atoms with E-state index in [1.54, 1.807) is 6.20 Å². The molecule has 0 bridgehead atoms. The van der Waals surface area contributed by atoms with Crippen LogP contribution in [0.15, 0.2) is 42.6 Å². The van der Waals surface area contributed by atoms with Gasteiger partial charge in [-0.1, -0.05) is 37.3 Å². The van der Waals surface area contributed by atoms with Gasteiger partial charge in [-0.25, -0.2) is 0 Å². The van der Waals surface area contributed by atoms with E-state index in [0.717, 1.165) is 17.7 Å². The maximum Gasteiger partial charge on any atom is 0.0781 e. The molecule has 1 aromatic carbocycles. The standard InChI is InChI=1S/C13H12N/c1-2-11-6-8-12(9-7-11)13-5-3-4-10-14-13/h3-4,6-10H,2H2,1H3. The first-order valence-corrected chi connectivity index (χ1v) is 4.82. The van der Waals surface area contributed by atoms with Crippen molar-refractivity contribution < 1.29 is 0 Å². The lowest BCUT2D eigenvalue weighted by molar-refractivity contribution is 1.14. The van der Waals surface area contributed by atoms with Gasteiger partial charge in [-0.2, -0.15) is 0 Å². The first-order chi connectivity index (χ1) is 6.90. The van der Waals surface area contributed by atoms with E-state index in [-0.39, 0.29) is 0 Å². The Morgan fingerprint density at radius 1 is 1.21 bits per heavy atom. The Labute approximate surface area is 84.4 Å². The minimum absolute atomic E-state index is 0.912. The molecule has 14 heavy (non-hydrogen) atoms. The summed E-state index contributed by atoms with van der Waals surface area (Å²) in [6.45, 7) is 2.15. The Hall–Kier alpha value is -1.63. The molecule has 0 spiro atoms. The number of benzene rings is 1. The first-order valence-electron chi connectivity index (χ1n) is 4.82. The van der Waals surface area contributed by atoms with Gasteiger partial charge in [-0.05, 0) is 18.1 Å². The van der Waals surface area contributed by atoms with Gasteiger partial charge in [-0.3, -0.25) is 4.98 Å². The minimum Gasteiger partial charge on any atom is -0.256 e. The van der Waals surface area contributed by atoms with Crippen molar-refractivity contribution in [1.82, 2.24) is 4.98 Å². The van der Waals surface area contributed by atoms with Gasteiger partial charge in [0.2, 0.25) is 0 Å². The second-order valence-electron chi connectivity index (χ2n) is 3.18. The number of rotatable bonds is 2. The van der Waals surface area contributed by atoms with Crippen molar-refractivity contribution in [2.24, 2.45) is 0 Å². The lowest BCUT2D eigenvalue weighted by Gasteiger charge is -2.00. The molecule has 1 nitrogen and oxygen atoms in total. The summed E-state index contributed by atoms with van der Waals surface area (Å²) in [7, 11) is 0. The smallest absolute Gasteiger partial charge is 0.0781 e. The van der Waals surface area contributed by atoms with Crippen molar-refractivity contribution >= 4 is 0 Å². The van der Waals surface area contributed by atoms with Gasteiger partial charge in [0.1, 0.15) is 0 Å². The number of nitrogens with zero attached hydrogens (tertiary/aromatic N) is 1. The average molecular weight is 182 g/mol. The predicted octanol–water partition coefficient (Wildman–Crippen LogP) is 3.11. The zero-order valence-electron chi connectivity index (χ0n) is 8.20. The van der Waals surface area contributed by atoms with Crippen LogP contribution in [0.5, 0.6) is 0 Å². The van der Waals surface area contributed by atoms with Crippen molar-refractivity contribution in [3.05, 3.63) is 54.2 Å². The molecular weight excluding hydrogens is 170 g/mol. The Kier molecular flexibility index (Phi) is 2.59. The second kappa shape index (κ2) is 4.05. The SMILES string of the molecule is CCc1ccc(-c2[c]cccn2)cc1. The van der Waals surface area contributed by atoms with E-state index < -0.39 is 0 Å². The summed E-state index contributed by atoms with van der Waals surface area (Å²) in [5.41, 5.74) is 3.39. The lowest BCUT2D eigenvalue weighted by Crippen LogP contribution is -1.83. The van der Waals surface area contributed by atoms with E-state index in [1.807, 2.05) is 12.1 Å². The number of hydrogen-bond acceptors (Lipinski definition) is 1. The Balaban J connectivity index is 2.34. The highest BCUT2D eigenvalue weighted by atomic mass is 14.7. The quantitative estimate of drug-likeness (QED) is 0.695. The van der Waals surface area contributed by atoms with Crippen LogP contribution in [-0.2, 0) is 6.42 Å². The van der Waals surface area contributed by atoms with Crippen LogP contribution >= 0.6 is 0 Å². The highest BCUT2D eigenvalue weighted by Crippen LogP contribution is 2.16. The summed E-state index contributed by atoms with van der Waals surface area (Å²) in [5.74, 6) is 0. The molecule has 0 aliphatic carbocycles. The molecule has 1 heterocycles. The molecule has 1 radical (unpaired) electrons. The van der Waals surface area contributed by atoms with Crippen molar-refractivity contribution in [2.45, 2.75) is 13.3 Å². The van der Waals surface area contributed by atoms with Gasteiger partial charge in [-0.15, -0.1) is 0 Å². The Morgan fingerprint density at radius 3 is 2.57 bits per heavy atom. The minimum atomic E-state index is 0.912. The van der Waals surface area contributed by atoms with Crippen LogP contribution in [-0.4, -0.2) is 4.98 Å². The zero-order valence-corrected chi connectivity index (χ0v) is 8.20. The Bertz CT molecular complexity index is 389. The van der Waals surface area contributed by atoms with Crippen LogP contribution in [0.1, 0.15) is 12.5 Å². The fourth-order valence-electron chi connectivity index (χ4n) is 1.38. The third-order valence-corrected chi connectivity index (χ3v) is 2.24. The van der Waals surface area contributed by atoms with E-state index in [4.69, 9.17) is 0 Å². The van der Waals surface area contributed by atoms with Gasteiger partial charge < -0.3 is 0 Å². The maximum atomic E-state index is 4.25.